The summed E-state index contributed by atoms with van der Waals surface area (Å²) in [4.78, 5) is 19.2. The monoisotopic (exact) mass is 368 g/mol. The van der Waals surface area contributed by atoms with Crippen molar-refractivity contribution in [2.45, 2.75) is 38.6 Å². The molecular weight excluding hydrogens is 348 g/mol. The third-order valence-electron chi connectivity index (χ3n) is 4.99. The molecule has 1 aromatic carbocycles. The quantitative estimate of drug-likeness (QED) is 0.709. The fourth-order valence-corrected chi connectivity index (χ4v) is 3.92. The highest BCUT2D eigenvalue weighted by Gasteiger charge is 2.34. The van der Waals surface area contributed by atoms with Crippen molar-refractivity contribution in [3.63, 3.8) is 0 Å². The Labute approximate surface area is 158 Å². The summed E-state index contributed by atoms with van der Waals surface area (Å²) in [6.07, 6.45) is 9.96. The number of benzene rings is 1. The highest BCUT2D eigenvalue weighted by molar-refractivity contribution is 6.30. The Kier molecular flexibility index (Phi) is 4.68. The summed E-state index contributed by atoms with van der Waals surface area (Å²) in [7, 11) is 0. The van der Waals surface area contributed by atoms with Crippen molar-refractivity contribution in [2.75, 3.05) is 6.61 Å². The smallest absolute Gasteiger partial charge is 0.339 e. The number of fused-ring (bicyclic) bond motifs is 1. The van der Waals surface area contributed by atoms with E-state index in [4.69, 9.17) is 21.3 Å². The minimum Gasteiger partial charge on any atom is -0.462 e. The Morgan fingerprint density at radius 1 is 1.23 bits per heavy atom. The lowest BCUT2D eigenvalue weighted by molar-refractivity contribution is -0.138. The van der Waals surface area contributed by atoms with Crippen LogP contribution >= 0.6 is 11.6 Å². The second-order valence-corrected chi connectivity index (χ2v) is 7.09. The Morgan fingerprint density at radius 2 is 2.00 bits per heavy atom. The first-order valence-corrected chi connectivity index (χ1v) is 9.46. The number of ether oxygens (including phenoxy) is 1. The molecule has 0 saturated carbocycles. The van der Waals surface area contributed by atoms with Gasteiger partial charge in [0.25, 0.3) is 0 Å². The Bertz CT molecular complexity index is 849. The van der Waals surface area contributed by atoms with Gasteiger partial charge >= 0.3 is 5.97 Å². The molecule has 134 valence electrons. The summed E-state index contributed by atoms with van der Waals surface area (Å²) in [6.45, 7) is 2.18. The average Bonchev–Trinajstić information content (AvgIpc) is 2.67. The number of allylic oxidation sites excluding steroid dienone is 1. The van der Waals surface area contributed by atoms with Crippen LogP contribution in [0.4, 0.5) is 0 Å². The van der Waals surface area contributed by atoms with Crippen LogP contribution in [0.25, 0.3) is 0 Å². The minimum absolute atomic E-state index is 0.0458. The Hall–Kier alpha value is -2.33. The standard InChI is InChI=1S/C21H21ClN2O2/c1-2-26-21(25)15-9-12-19-23-18-6-4-3-5-17(18)20(24(19)13-15)14-7-10-16(22)11-8-14/h7-13,20H,2-6H2,1H3. The number of halogens is 1. The first-order valence-electron chi connectivity index (χ1n) is 9.09. The highest BCUT2D eigenvalue weighted by atomic mass is 35.5. The van der Waals surface area contributed by atoms with Gasteiger partial charge in [-0.2, -0.15) is 0 Å². The third kappa shape index (κ3) is 3.10. The third-order valence-corrected chi connectivity index (χ3v) is 5.24. The number of carbonyl (C=O) groups is 1. The van der Waals surface area contributed by atoms with Crippen LogP contribution in [-0.2, 0) is 9.53 Å². The van der Waals surface area contributed by atoms with Gasteiger partial charge in [-0.3, -0.25) is 0 Å². The number of esters is 1. The van der Waals surface area contributed by atoms with E-state index in [1.165, 1.54) is 24.1 Å². The number of amidine groups is 1. The lowest BCUT2D eigenvalue weighted by atomic mass is 9.85. The van der Waals surface area contributed by atoms with E-state index in [0.29, 0.717) is 12.2 Å². The molecule has 0 bridgehead atoms. The van der Waals surface area contributed by atoms with Crippen molar-refractivity contribution in [1.82, 2.24) is 4.90 Å². The molecule has 2 heterocycles. The van der Waals surface area contributed by atoms with Gasteiger partial charge in [-0.05, 0) is 68.0 Å². The molecule has 0 spiro atoms. The maximum atomic E-state index is 12.2. The molecule has 3 aliphatic rings. The molecule has 2 aliphatic heterocycles. The van der Waals surface area contributed by atoms with E-state index in [9.17, 15) is 4.79 Å². The average molecular weight is 369 g/mol. The van der Waals surface area contributed by atoms with Crippen molar-refractivity contribution in [3.05, 3.63) is 70.0 Å². The maximum Gasteiger partial charge on any atom is 0.339 e. The summed E-state index contributed by atoms with van der Waals surface area (Å²) >= 11 is 6.09. The summed E-state index contributed by atoms with van der Waals surface area (Å²) in [6, 6.07) is 8.00. The lowest BCUT2D eigenvalue weighted by Gasteiger charge is -2.40. The molecule has 1 unspecified atom stereocenters. The number of rotatable bonds is 3. The second kappa shape index (κ2) is 7.12. The van der Waals surface area contributed by atoms with E-state index >= 15 is 0 Å². The number of hydrogen-bond acceptors (Lipinski definition) is 4. The van der Waals surface area contributed by atoms with Gasteiger partial charge in [0.1, 0.15) is 5.84 Å². The van der Waals surface area contributed by atoms with Gasteiger partial charge < -0.3 is 9.64 Å². The fourth-order valence-electron chi connectivity index (χ4n) is 3.79. The highest BCUT2D eigenvalue weighted by Crippen LogP contribution is 2.43. The van der Waals surface area contributed by atoms with Gasteiger partial charge in [0, 0.05) is 16.9 Å². The van der Waals surface area contributed by atoms with Crippen molar-refractivity contribution in [2.24, 2.45) is 4.99 Å². The van der Waals surface area contributed by atoms with Gasteiger partial charge in [0.05, 0.1) is 18.2 Å². The SMILES string of the molecule is CCOC(=O)C1=CN2C(=NC3=C(CCCC3)C2c2ccc(Cl)cc2)C=C1. The van der Waals surface area contributed by atoms with Crippen LogP contribution in [0.3, 0.4) is 0 Å². The van der Waals surface area contributed by atoms with E-state index in [2.05, 4.69) is 17.0 Å². The Morgan fingerprint density at radius 3 is 2.77 bits per heavy atom. The van der Waals surface area contributed by atoms with Crippen LogP contribution in [0, 0.1) is 0 Å². The molecule has 1 aliphatic carbocycles. The van der Waals surface area contributed by atoms with E-state index in [0.717, 1.165) is 29.3 Å². The molecular formula is C21H21ClN2O2. The van der Waals surface area contributed by atoms with Crippen LogP contribution in [0.5, 0.6) is 0 Å². The molecule has 0 saturated heterocycles. The molecule has 1 atom stereocenters. The second-order valence-electron chi connectivity index (χ2n) is 6.65. The molecule has 0 N–H and O–H groups in total. The predicted octanol–water partition coefficient (Wildman–Crippen LogP) is 4.94. The largest absolute Gasteiger partial charge is 0.462 e. The van der Waals surface area contributed by atoms with Crippen LogP contribution in [-0.4, -0.2) is 23.3 Å². The van der Waals surface area contributed by atoms with Crippen molar-refractivity contribution in [3.8, 4) is 0 Å². The molecule has 26 heavy (non-hydrogen) atoms. The lowest BCUT2D eigenvalue weighted by Crippen LogP contribution is -2.37. The summed E-state index contributed by atoms with van der Waals surface area (Å²) in [5.74, 6) is 0.569. The minimum atomic E-state index is -0.305. The zero-order chi connectivity index (χ0) is 18.1. The maximum absolute atomic E-state index is 12.2. The van der Waals surface area contributed by atoms with Crippen LogP contribution in [0.2, 0.25) is 5.02 Å². The Balaban J connectivity index is 1.78. The molecule has 0 aromatic heterocycles. The summed E-state index contributed by atoms with van der Waals surface area (Å²) < 4.78 is 5.17. The number of nitrogens with zero attached hydrogens (tertiary/aromatic N) is 2. The molecule has 0 radical (unpaired) electrons. The van der Waals surface area contributed by atoms with E-state index in [1.807, 2.05) is 31.3 Å². The number of carbonyl (C=O) groups excluding carboxylic acids is 1. The first-order chi connectivity index (χ1) is 12.7. The summed E-state index contributed by atoms with van der Waals surface area (Å²) in [5.41, 5.74) is 4.24. The molecule has 0 fully saturated rings. The number of aliphatic imine (C=N–C) groups is 1. The molecule has 0 amide bonds. The first kappa shape index (κ1) is 17.1. The van der Waals surface area contributed by atoms with Gasteiger partial charge in [-0.1, -0.05) is 23.7 Å². The van der Waals surface area contributed by atoms with Crippen molar-refractivity contribution in [1.29, 1.82) is 0 Å². The predicted molar refractivity (Wildman–Crippen MR) is 103 cm³/mol. The van der Waals surface area contributed by atoms with Gasteiger partial charge in [-0.15, -0.1) is 0 Å². The van der Waals surface area contributed by atoms with E-state index < -0.39 is 0 Å². The molecule has 5 heteroatoms. The van der Waals surface area contributed by atoms with Crippen LogP contribution < -0.4 is 0 Å². The topological polar surface area (TPSA) is 41.9 Å². The van der Waals surface area contributed by atoms with E-state index in [-0.39, 0.29) is 12.0 Å². The van der Waals surface area contributed by atoms with Gasteiger partial charge in [0.2, 0.25) is 0 Å². The van der Waals surface area contributed by atoms with Gasteiger partial charge in [0.15, 0.2) is 0 Å². The molecule has 1 aromatic rings. The van der Waals surface area contributed by atoms with Crippen molar-refractivity contribution >= 4 is 23.4 Å². The van der Waals surface area contributed by atoms with Crippen LogP contribution in [0.15, 0.2) is 64.5 Å². The molecule has 4 nitrogen and oxygen atoms in total. The fraction of sp³-hybridized carbons (Fsp3) is 0.333. The van der Waals surface area contributed by atoms with Crippen LogP contribution in [0.1, 0.15) is 44.2 Å². The van der Waals surface area contributed by atoms with Crippen molar-refractivity contribution < 1.29 is 9.53 Å². The normalized spacial score (nSPS) is 21.6. The van der Waals surface area contributed by atoms with Gasteiger partial charge in [-0.25, -0.2) is 9.79 Å². The zero-order valence-electron chi connectivity index (χ0n) is 14.7. The summed E-state index contributed by atoms with van der Waals surface area (Å²) in [5, 5.41) is 0.720. The molecule has 4 rings (SSSR count). The zero-order valence-corrected chi connectivity index (χ0v) is 15.5. The van der Waals surface area contributed by atoms with E-state index in [1.54, 1.807) is 6.08 Å². The number of hydrogen-bond donors (Lipinski definition) is 0.